The fraction of sp³-hybridized carbons (Fsp3) is 0.312. The number of pyridine rings is 2. The van der Waals surface area contributed by atoms with Gasteiger partial charge in [-0.25, -0.2) is 0 Å². The van der Waals surface area contributed by atoms with E-state index in [0.29, 0.717) is 0 Å². The fourth-order valence-electron chi connectivity index (χ4n) is 6.44. The number of hydrogen-bond donors (Lipinski definition) is 2. The van der Waals surface area contributed by atoms with Gasteiger partial charge in [0.05, 0.1) is 22.9 Å². The predicted octanol–water partition coefficient (Wildman–Crippen LogP) is 5.60. The average Bonchev–Trinajstić information content (AvgIpc) is 3.37. The van der Waals surface area contributed by atoms with Gasteiger partial charge in [-0.2, -0.15) is 0 Å². The molecule has 4 heterocycles. The highest BCUT2D eigenvalue weighted by Gasteiger charge is 2.29. The first-order valence-electron chi connectivity index (χ1n) is 13.9. The molecule has 1 fully saturated rings. The van der Waals surface area contributed by atoms with Crippen molar-refractivity contribution in [2.24, 2.45) is 0 Å². The van der Waals surface area contributed by atoms with Gasteiger partial charge in [0.1, 0.15) is 0 Å². The highest BCUT2D eigenvalue weighted by atomic mass is 15.2. The summed E-state index contributed by atoms with van der Waals surface area (Å²) in [4.78, 5) is 18.7. The number of aromatic nitrogens is 3. The van der Waals surface area contributed by atoms with Crippen molar-refractivity contribution in [1.29, 1.82) is 0 Å². The zero-order valence-electron chi connectivity index (χ0n) is 21.7. The normalized spacial score (nSPS) is 17.8. The van der Waals surface area contributed by atoms with Crippen molar-refractivity contribution in [1.82, 2.24) is 25.2 Å². The van der Waals surface area contributed by atoms with E-state index in [1.165, 1.54) is 39.7 Å². The Morgan fingerprint density at radius 1 is 0.842 bits per heavy atom. The van der Waals surface area contributed by atoms with Gasteiger partial charge in [0.25, 0.3) is 0 Å². The Hall–Kier alpha value is -3.74. The minimum atomic E-state index is 0.262. The van der Waals surface area contributed by atoms with Crippen LogP contribution in [0.5, 0.6) is 0 Å². The van der Waals surface area contributed by atoms with Crippen LogP contribution in [-0.2, 0) is 19.5 Å². The number of nitrogens with zero attached hydrogens (tertiary/aromatic N) is 4. The van der Waals surface area contributed by atoms with Crippen LogP contribution in [0.4, 0.5) is 5.69 Å². The van der Waals surface area contributed by atoms with Gasteiger partial charge < -0.3 is 15.2 Å². The Balaban J connectivity index is 1.30. The molecule has 2 aliphatic rings. The number of H-pyrrole nitrogens is 1. The van der Waals surface area contributed by atoms with E-state index in [9.17, 15) is 0 Å². The molecule has 0 saturated carbocycles. The van der Waals surface area contributed by atoms with Gasteiger partial charge in [-0.15, -0.1) is 0 Å². The molecule has 2 N–H and O–H groups in total. The number of piperazine rings is 1. The first-order chi connectivity index (χ1) is 18.8. The predicted molar refractivity (Wildman–Crippen MR) is 154 cm³/mol. The molecule has 6 nitrogen and oxygen atoms in total. The van der Waals surface area contributed by atoms with Crippen molar-refractivity contribution in [3.8, 4) is 0 Å². The van der Waals surface area contributed by atoms with Crippen molar-refractivity contribution in [2.75, 3.05) is 31.1 Å². The van der Waals surface area contributed by atoms with Crippen LogP contribution in [0, 0.1) is 0 Å². The molecule has 5 aromatic rings. The number of anilines is 1. The van der Waals surface area contributed by atoms with E-state index in [4.69, 9.17) is 9.97 Å². The lowest BCUT2D eigenvalue weighted by Crippen LogP contribution is -2.44. The van der Waals surface area contributed by atoms with Gasteiger partial charge in [-0.3, -0.25) is 14.9 Å². The largest absolute Gasteiger partial charge is 0.369 e. The highest BCUT2D eigenvalue weighted by Crippen LogP contribution is 2.37. The van der Waals surface area contributed by atoms with Crippen LogP contribution in [0.1, 0.15) is 41.4 Å². The van der Waals surface area contributed by atoms with Crippen molar-refractivity contribution < 1.29 is 0 Å². The number of rotatable bonds is 6. The Kier molecular flexibility index (Phi) is 6.27. The van der Waals surface area contributed by atoms with E-state index >= 15 is 0 Å². The molecular formula is C32H34N6. The zero-order chi connectivity index (χ0) is 25.3. The minimum Gasteiger partial charge on any atom is -0.369 e. The lowest BCUT2D eigenvalue weighted by molar-refractivity contribution is 0.156. The summed E-state index contributed by atoms with van der Waals surface area (Å²) >= 11 is 0. The third-order valence-electron chi connectivity index (χ3n) is 8.29. The molecule has 38 heavy (non-hydrogen) atoms. The van der Waals surface area contributed by atoms with Crippen molar-refractivity contribution in [2.45, 2.75) is 38.4 Å². The molecule has 7 rings (SSSR count). The quantitative estimate of drug-likeness (QED) is 0.317. The van der Waals surface area contributed by atoms with Crippen molar-refractivity contribution in [3.05, 3.63) is 102 Å². The SMILES string of the molecule is c1ccc(N2CCNCC2)c(CN(Cc2nccc3c2[nH]c2ccccc23)[C@H]2CCCc3cccnc32)c1. The van der Waals surface area contributed by atoms with E-state index < -0.39 is 0 Å². The fourth-order valence-corrected chi connectivity index (χ4v) is 6.44. The molecule has 0 amide bonds. The van der Waals surface area contributed by atoms with E-state index in [2.05, 4.69) is 86.8 Å². The molecule has 2 aromatic carbocycles. The molecule has 192 valence electrons. The summed E-state index contributed by atoms with van der Waals surface area (Å²) in [7, 11) is 0. The Bertz CT molecular complexity index is 1570. The number of aromatic amines is 1. The lowest BCUT2D eigenvalue weighted by Gasteiger charge is -2.37. The maximum Gasteiger partial charge on any atom is 0.0785 e. The first kappa shape index (κ1) is 23.4. The van der Waals surface area contributed by atoms with Gasteiger partial charge in [0.2, 0.25) is 0 Å². The second-order valence-corrected chi connectivity index (χ2v) is 10.6. The zero-order valence-corrected chi connectivity index (χ0v) is 21.7. The van der Waals surface area contributed by atoms with E-state index in [1.807, 2.05) is 12.4 Å². The molecule has 3 aromatic heterocycles. The lowest BCUT2D eigenvalue weighted by atomic mass is 9.90. The van der Waals surface area contributed by atoms with Gasteiger partial charge in [0.15, 0.2) is 0 Å². The van der Waals surface area contributed by atoms with Crippen molar-refractivity contribution >= 4 is 27.5 Å². The molecule has 0 radical (unpaired) electrons. The van der Waals surface area contributed by atoms with Crippen LogP contribution < -0.4 is 10.2 Å². The number of nitrogens with one attached hydrogen (secondary N) is 2. The summed E-state index contributed by atoms with van der Waals surface area (Å²) < 4.78 is 0. The summed E-state index contributed by atoms with van der Waals surface area (Å²) in [5.74, 6) is 0. The van der Waals surface area contributed by atoms with E-state index in [1.54, 1.807) is 0 Å². The van der Waals surface area contributed by atoms with Gasteiger partial charge in [-0.1, -0.05) is 42.5 Å². The summed E-state index contributed by atoms with van der Waals surface area (Å²) in [6.07, 6.45) is 7.34. The Labute approximate surface area is 223 Å². The average molecular weight is 503 g/mol. The van der Waals surface area contributed by atoms with Gasteiger partial charge in [0, 0.05) is 73.6 Å². The summed E-state index contributed by atoms with van der Waals surface area (Å²) in [5.41, 5.74) is 8.77. The molecule has 6 heteroatoms. The van der Waals surface area contributed by atoms with Crippen LogP contribution in [0.25, 0.3) is 21.8 Å². The van der Waals surface area contributed by atoms with Crippen LogP contribution in [-0.4, -0.2) is 46.0 Å². The number of hydrogen-bond acceptors (Lipinski definition) is 5. The number of para-hydroxylation sites is 2. The standard InChI is InChI=1S/C32H34N6/c1-4-12-29(37-19-17-33-18-20-37)24(7-1)21-38(30-13-5-8-23-9-6-15-35-31(23)30)22-28-32-26(14-16-34-28)25-10-2-3-11-27(25)36-32/h1-4,6-7,9-12,14-16,30,33,36H,5,8,13,17-22H2/t30-/m0/s1. The summed E-state index contributed by atoms with van der Waals surface area (Å²) in [6, 6.07) is 24.3. The third-order valence-corrected chi connectivity index (χ3v) is 8.29. The second kappa shape index (κ2) is 10.2. The third kappa shape index (κ3) is 4.34. The monoisotopic (exact) mass is 502 g/mol. The maximum absolute atomic E-state index is 4.93. The van der Waals surface area contributed by atoms with Crippen LogP contribution >= 0.6 is 0 Å². The van der Waals surface area contributed by atoms with Crippen molar-refractivity contribution in [3.63, 3.8) is 0 Å². The molecule has 0 spiro atoms. The Morgan fingerprint density at radius 3 is 2.66 bits per heavy atom. The smallest absolute Gasteiger partial charge is 0.0785 e. The molecule has 0 bridgehead atoms. The van der Waals surface area contributed by atoms with Crippen LogP contribution in [0.2, 0.25) is 0 Å². The van der Waals surface area contributed by atoms with E-state index in [0.717, 1.165) is 68.8 Å². The number of aryl methyl sites for hydroxylation is 1. The van der Waals surface area contributed by atoms with Crippen LogP contribution in [0.3, 0.4) is 0 Å². The first-order valence-corrected chi connectivity index (χ1v) is 13.9. The highest BCUT2D eigenvalue weighted by molar-refractivity contribution is 6.07. The van der Waals surface area contributed by atoms with Crippen LogP contribution in [0.15, 0.2) is 79.1 Å². The maximum atomic E-state index is 4.93. The molecule has 1 saturated heterocycles. The molecular weight excluding hydrogens is 468 g/mol. The Morgan fingerprint density at radius 2 is 1.71 bits per heavy atom. The molecule has 1 aliphatic carbocycles. The number of benzene rings is 2. The molecule has 1 atom stereocenters. The van der Waals surface area contributed by atoms with Gasteiger partial charge >= 0.3 is 0 Å². The van der Waals surface area contributed by atoms with E-state index in [-0.39, 0.29) is 6.04 Å². The summed E-state index contributed by atoms with van der Waals surface area (Å²) in [6.45, 7) is 5.77. The summed E-state index contributed by atoms with van der Waals surface area (Å²) in [5, 5.41) is 6.00. The molecule has 0 unspecified atom stereocenters. The number of fused-ring (bicyclic) bond motifs is 4. The molecule has 1 aliphatic heterocycles. The van der Waals surface area contributed by atoms with Gasteiger partial charge in [-0.05, 0) is 54.7 Å². The minimum absolute atomic E-state index is 0.262. The topological polar surface area (TPSA) is 60.1 Å². The second-order valence-electron chi connectivity index (χ2n) is 10.6.